The largest absolute Gasteiger partial charge is 0.495 e. The molecule has 1 aliphatic heterocycles. The molecule has 2 aliphatic rings. The van der Waals surface area contributed by atoms with E-state index in [0.717, 1.165) is 49.0 Å². The van der Waals surface area contributed by atoms with Crippen molar-refractivity contribution in [3.8, 4) is 11.8 Å². The molecule has 0 spiro atoms. The van der Waals surface area contributed by atoms with Crippen molar-refractivity contribution >= 4 is 16.9 Å². The Bertz CT molecular complexity index is 1240. The number of carbonyl (C=O) groups excluding carboxylic acids is 1. The van der Waals surface area contributed by atoms with Crippen LogP contribution in [0.3, 0.4) is 0 Å². The summed E-state index contributed by atoms with van der Waals surface area (Å²) in [6, 6.07) is 9.88. The number of benzene rings is 1. The van der Waals surface area contributed by atoms with Crippen LogP contribution in [-0.2, 0) is 16.2 Å². The topological polar surface area (TPSA) is 80.4 Å². The number of halogens is 1. The van der Waals surface area contributed by atoms with Gasteiger partial charge < -0.3 is 9.30 Å². The Balaban J connectivity index is 1.23. The number of hydrogen-bond acceptors (Lipinski definition) is 5. The van der Waals surface area contributed by atoms with Crippen LogP contribution >= 0.6 is 0 Å². The van der Waals surface area contributed by atoms with Crippen LogP contribution in [0.4, 0.5) is 4.39 Å². The van der Waals surface area contributed by atoms with Crippen LogP contribution in [0.5, 0.6) is 5.75 Å². The number of hydroxylamine groups is 2. The summed E-state index contributed by atoms with van der Waals surface area (Å²) in [7, 11) is 1.64. The fourth-order valence-electron chi connectivity index (χ4n) is 5.22. The Morgan fingerprint density at radius 1 is 1.24 bits per heavy atom. The maximum atomic E-state index is 14.0. The van der Waals surface area contributed by atoms with Crippen LogP contribution in [-0.4, -0.2) is 34.2 Å². The quantitative estimate of drug-likeness (QED) is 0.546. The number of amides is 1. The molecule has 0 radical (unpaired) electrons. The van der Waals surface area contributed by atoms with Gasteiger partial charge in [0, 0.05) is 31.1 Å². The van der Waals surface area contributed by atoms with Crippen molar-refractivity contribution in [1.29, 1.82) is 5.26 Å². The summed E-state index contributed by atoms with van der Waals surface area (Å²) in [5, 5.41) is 10.6. The fraction of sp³-hybridized carbons (Fsp3) is 0.423. The summed E-state index contributed by atoms with van der Waals surface area (Å²) in [6.45, 7) is 1.28. The van der Waals surface area contributed by atoms with Gasteiger partial charge in [0.1, 0.15) is 11.6 Å². The van der Waals surface area contributed by atoms with Gasteiger partial charge in [0.05, 0.1) is 48.6 Å². The second kappa shape index (κ2) is 9.43. The minimum absolute atomic E-state index is 0.0379. The lowest BCUT2D eigenvalue weighted by molar-refractivity contribution is -0.183. The molecule has 1 saturated heterocycles. The van der Waals surface area contributed by atoms with Crippen molar-refractivity contribution in [2.24, 2.45) is 11.8 Å². The van der Waals surface area contributed by atoms with Gasteiger partial charge in [-0.25, -0.2) is 9.45 Å². The third kappa shape index (κ3) is 4.36. The Morgan fingerprint density at radius 2 is 2.06 bits per heavy atom. The first-order chi connectivity index (χ1) is 16.6. The molecule has 34 heavy (non-hydrogen) atoms. The molecule has 0 bridgehead atoms. The second-order valence-electron chi connectivity index (χ2n) is 9.15. The van der Waals surface area contributed by atoms with Crippen LogP contribution in [0, 0.1) is 29.0 Å². The van der Waals surface area contributed by atoms with Crippen molar-refractivity contribution < 1.29 is 18.8 Å². The molecule has 8 heteroatoms. The predicted molar refractivity (Wildman–Crippen MR) is 123 cm³/mol. The van der Waals surface area contributed by atoms with Gasteiger partial charge in [0.25, 0.3) is 0 Å². The summed E-state index contributed by atoms with van der Waals surface area (Å²) in [4.78, 5) is 23.4. The molecule has 2 aromatic heterocycles. The number of carbonyl (C=O) groups is 1. The predicted octanol–water partition coefficient (Wildman–Crippen LogP) is 4.77. The first-order valence-electron chi connectivity index (χ1n) is 11.7. The summed E-state index contributed by atoms with van der Waals surface area (Å²) in [6.07, 6.45) is 7.86. The molecular formula is C26H27FN4O3. The molecule has 1 atom stereocenters. The zero-order chi connectivity index (χ0) is 23.7. The molecular weight excluding hydrogens is 435 g/mol. The van der Waals surface area contributed by atoms with Crippen molar-refractivity contribution in [2.75, 3.05) is 13.7 Å². The molecule has 7 nitrogen and oxygen atoms in total. The first-order valence-corrected chi connectivity index (χ1v) is 11.7. The SMILES string of the molecule is COc1cnc2ccn(CC3CCC(C(=O)N4OCC[C@H]4c4cc(F)cc(C#N)c4)CC3)c2c1. The lowest BCUT2D eigenvalue weighted by Gasteiger charge is -2.32. The molecule has 0 unspecified atom stereocenters. The highest BCUT2D eigenvalue weighted by Gasteiger charge is 2.37. The molecule has 3 aromatic rings. The van der Waals surface area contributed by atoms with E-state index < -0.39 is 5.82 Å². The Labute approximate surface area is 197 Å². The number of nitrogens with zero attached hydrogens (tertiary/aromatic N) is 4. The Morgan fingerprint density at radius 3 is 2.82 bits per heavy atom. The van der Waals surface area contributed by atoms with Crippen molar-refractivity contribution in [3.05, 3.63) is 59.7 Å². The molecule has 176 valence electrons. The van der Waals surface area contributed by atoms with Gasteiger partial charge >= 0.3 is 0 Å². The normalized spacial score (nSPS) is 22.6. The summed E-state index contributed by atoms with van der Waals surface area (Å²) in [5.41, 5.74) is 2.86. The summed E-state index contributed by atoms with van der Waals surface area (Å²) < 4.78 is 21.5. The molecule has 1 aliphatic carbocycles. The van der Waals surface area contributed by atoms with Gasteiger partial charge in [-0.05, 0) is 61.4 Å². The summed E-state index contributed by atoms with van der Waals surface area (Å²) in [5.74, 6) is 0.594. The van der Waals surface area contributed by atoms with Gasteiger partial charge in [-0.1, -0.05) is 0 Å². The molecule has 1 aromatic carbocycles. The van der Waals surface area contributed by atoms with E-state index in [-0.39, 0.29) is 23.4 Å². The maximum Gasteiger partial charge on any atom is 0.249 e. The number of nitriles is 1. The van der Waals surface area contributed by atoms with Crippen molar-refractivity contribution in [3.63, 3.8) is 0 Å². The molecule has 5 rings (SSSR count). The van der Waals surface area contributed by atoms with Crippen LogP contribution in [0.25, 0.3) is 11.0 Å². The van der Waals surface area contributed by atoms with Gasteiger partial charge in [0.15, 0.2) is 0 Å². The number of methoxy groups -OCH3 is 1. The van der Waals surface area contributed by atoms with E-state index in [1.54, 1.807) is 19.4 Å². The number of ether oxygens (including phenoxy) is 1. The fourth-order valence-corrected chi connectivity index (χ4v) is 5.22. The van der Waals surface area contributed by atoms with E-state index in [1.807, 2.05) is 18.2 Å². The monoisotopic (exact) mass is 462 g/mol. The average molecular weight is 463 g/mol. The van der Waals surface area contributed by atoms with E-state index in [9.17, 15) is 9.18 Å². The van der Waals surface area contributed by atoms with Gasteiger partial charge in [-0.15, -0.1) is 0 Å². The van der Waals surface area contributed by atoms with E-state index in [2.05, 4.69) is 15.7 Å². The van der Waals surface area contributed by atoms with Crippen LogP contribution in [0.2, 0.25) is 0 Å². The zero-order valence-electron chi connectivity index (χ0n) is 19.1. The third-order valence-corrected chi connectivity index (χ3v) is 7.04. The van der Waals surface area contributed by atoms with Gasteiger partial charge in [-0.3, -0.25) is 14.6 Å². The molecule has 2 fully saturated rings. The van der Waals surface area contributed by atoms with Crippen molar-refractivity contribution in [1.82, 2.24) is 14.6 Å². The van der Waals surface area contributed by atoms with E-state index in [4.69, 9.17) is 14.8 Å². The minimum Gasteiger partial charge on any atom is -0.495 e. The van der Waals surface area contributed by atoms with Crippen LogP contribution in [0.15, 0.2) is 42.7 Å². The Hall–Kier alpha value is -3.44. The highest BCUT2D eigenvalue weighted by Crippen LogP contribution is 2.37. The second-order valence-corrected chi connectivity index (χ2v) is 9.15. The number of fused-ring (bicyclic) bond motifs is 1. The standard InChI is InChI=1S/C26H27FN4O3/c1-33-22-13-25-23(29-15-22)6-8-30(25)16-17-2-4-19(5-3-17)26(32)31-24(7-9-34-31)20-10-18(14-28)11-21(27)12-20/h6,8,10-13,15,17,19,24H,2-5,7,9,16H2,1H3/t17?,19?,24-/m0/s1. The number of pyridine rings is 1. The smallest absolute Gasteiger partial charge is 0.249 e. The number of hydrogen-bond donors (Lipinski definition) is 0. The van der Waals surface area contributed by atoms with E-state index >= 15 is 0 Å². The highest BCUT2D eigenvalue weighted by molar-refractivity contribution is 5.79. The Kier molecular flexibility index (Phi) is 6.20. The number of aromatic nitrogens is 2. The summed E-state index contributed by atoms with van der Waals surface area (Å²) >= 11 is 0. The van der Waals surface area contributed by atoms with Gasteiger partial charge in [0.2, 0.25) is 5.91 Å². The first kappa shape index (κ1) is 22.4. The third-order valence-electron chi connectivity index (χ3n) is 7.04. The van der Waals surface area contributed by atoms with Crippen LogP contribution in [0.1, 0.15) is 49.3 Å². The maximum absolute atomic E-state index is 14.0. The van der Waals surface area contributed by atoms with E-state index in [0.29, 0.717) is 24.5 Å². The van der Waals surface area contributed by atoms with Gasteiger partial charge in [-0.2, -0.15) is 5.26 Å². The zero-order valence-corrected chi connectivity index (χ0v) is 19.1. The molecule has 3 heterocycles. The highest BCUT2D eigenvalue weighted by atomic mass is 19.1. The van der Waals surface area contributed by atoms with Crippen molar-refractivity contribution in [2.45, 2.75) is 44.7 Å². The lowest BCUT2D eigenvalue weighted by Crippen LogP contribution is -2.37. The average Bonchev–Trinajstić information content (AvgIpc) is 3.51. The molecule has 1 amide bonds. The number of rotatable bonds is 5. The molecule has 0 N–H and O–H groups in total. The lowest BCUT2D eigenvalue weighted by atomic mass is 9.81. The van der Waals surface area contributed by atoms with Crippen LogP contribution < -0.4 is 4.74 Å². The minimum atomic E-state index is -0.473. The molecule has 1 saturated carbocycles. The van der Waals surface area contributed by atoms with E-state index in [1.165, 1.54) is 17.2 Å².